The Hall–Kier alpha value is -1.63. The first kappa shape index (κ1) is 17.2. The minimum atomic E-state index is -0.578. The molecule has 1 saturated carbocycles. The van der Waals surface area contributed by atoms with E-state index in [0.29, 0.717) is 10.4 Å². The average Bonchev–Trinajstić information content (AvgIpc) is 3.05. The summed E-state index contributed by atoms with van der Waals surface area (Å²) in [7, 11) is 0. The molecule has 0 radical (unpaired) electrons. The molecule has 2 amide bonds. The molecule has 3 rings (SSSR count). The van der Waals surface area contributed by atoms with Gasteiger partial charge in [-0.1, -0.05) is 6.07 Å². The van der Waals surface area contributed by atoms with Crippen LogP contribution in [0, 0.1) is 5.92 Å². The topological polar surface area (TPSA) is 71.5 Å². The number of hydrogen-bond acceptors (Lipinski definition) is 4. The van der Waals surface area contributed by atoms with Crippen LogP contribution in [-0.2, 0) is 9.53 Å². The average molecular weight is 396 g/mol. The Morgan fingerprint density at radius 1 is 1.33 bits per heavy atom. The number of carbonyl (C=O) groups excluding carboxylic acids is 2. The van der Waals surface area contributed by atoms with E-state index in [2.05, 4.69) is 26.2 Å². The van der Waals surface area contributed by atoms with Gasteiger partial charge in [-0.15, -0.1) is 0 Å². The standard InChI is InChI=1S/C17H22BrN3O3/c1-17(2,3)24-16(23)21-11-8-7-10(9-11)14(21)15(22)20-13-6-4-5-12(18)19-13/h4-6,10-11,14H,7-9H2,1-3H3,(H,19,20,22)/t10-,11+,14-/m0/s1. The van der Waals surface area contributed by atoms with Crippen LogP contribution in [0.25, 0.3) is 0 Å². The summed E-state index contributed by atoms with van der Waals surface area (Å²) in [5, 5.41) is 2.83. The number of ether oxygens (including phenoxy) is 1. The van der Waals surface area contributed by atoms with Gasteiger partial charge >= 0.3 is 6.09 Å². The Balaban J connectivity index is 1.77. The quantitative estimate of drug-likeness (QED) is 0.776. The van der Waals surface area contributed by atoms with Crippen molar-refractivity contribution in [1.29, 1.82) is 0 Å². The van der Waals surface area contributed by atoms with Gasteiger partial charge in [0.15, 0.2) is 0 Å². The molecule has 130 valence electrons. The zero-order valence-corrected chi connectivity index (χ0v) is 15.7. The van der Waals surface area contributed by atoms with E-state index in [1.165, 1.54) is 0 Å². The summed E-state index contributed by atoms with van der Waals surface area (Å²) in [5.41, 5.74) is -0.578. The van der Waals surface area contributed by atoms with Crippen LogP contribution in [0.1, 0.15) is 40.0 Å². The van der Waals surface area contributed by atoms with Crippen LogP contribution < -0.4 is 5.32 Å². The van der Waals surface area contributed by atoms with E-state index in [1.54, 1.807) is 23.1 Å². The highest BCUT2D eigenvalue weighted by Crippen LogP contribution is 2.43. The summed E-state index contributed by atoms with van der Waals surface area (Å²) in [6.45, 7) is 5.50. The van der Waals surface area contributed by atoms with Gasteiger partial charge < -0.3 is 10.1 Å². The molecule has 1 saturated heterocycles. The van der Waals surface area contributed by atoms with Gasteiger partial charge in [-0.05, 0) is 74.0 Å². The number of halogens is 1. The second-order valence-electron chi connectivity index (χ2n) is 7.39. The van der Waals surface area contributed by atoms with Crippen molar-refractivity contribution in [3.05, 3.63) is 22.8 Å². The number of pyridine rings is 1. The number of nitrogens with zero attached hydrogens (tertiary/aromatic N) is 2. The third-order valence-electron chi connectivity index (χ3n) is 4.42. The highest BCUT2D eigenvalue weighted by molar-refractivity contribution is 9.10. The van der Waals surface area contributed by atoms with E-state index in [4.69, 9.17) is 4.74 Å². The van der Waals surface area contributed by atoms with Gasteiger partial charge in [0.25, 0.3) is 0 Å². The van der Waals surface area contributed by atoms with Gasteiger partial charge in [0.2, 0.25) is 5.91 Å². The van der Waals surface area contributed by atoms with Crippen LogP contribution in [0.4, 0.5) is 10.6 Å². The number of hydrogen-bond donors (Lipinski definition) is 1. The summed E-state index contributed by atoms with van der Waals surface area (Å²) in [6.07, 6.45) is 2.36. The van der Waals surface area contributed by atoms with Crippen molar-refractivity contribution in [3.63, 3.8) is 0 Å². The van der Waals surface area contributed by atoms with Crippen molar-refractivity contribution in [2.75, 3.05) is 5.32 Å². The van der Waals surface area contributed by atoms with Crippen molar-refractivity contribution in [1.82, 2.24) is 9.88 Å². The maximum Gasteiger partial charge on any atom is 0.411 e. The highest BCUT2D eigenvalue weighted by Gasteiger charge is 2.52. The first-order chi connectivity index (χ1) is 11.2. The molecular formula is C17H22BrN3O3. The van der Waals surface area contributed by atoms with Crippen molar-refractivity contribution in [2.24, 2.45) is 5.92 Å². The molecule has 0 aromatic carbocycles. The predicted molar refractivity (Wildman–Crippen MR) is 93.6 cm³/mol. The van der Waals surface area contributed by atoms with E-state index in [1.807, 2.05) is 20.8 Å². The molecule has 1 aromatic heterocycles. The van der Waals surface area contributed by atoms with Crippen LogP contribution in [0.5, 0.6) is 0 Å². The fraction of sp³-hybridized carbons (Fsp3) is 0.588. The number of nitrogens with one attached hydrogen (secondary N) is 1. The summed E-state index contributed by atoms with van der Waals surface area (Å²) in [4.78, 5) is 31.2. The van der Waals surface area contributed by atoms with Gasteiger partial charge in [0.1, 0.15) is 22.1 Å². The van der Waals surface area contributed by atoms with Crippen molar-refractivity contribution in [3.8, 4) is 0 Å². The molecule has 2 aliphatic rings. The summed E-state index contributed by atoms with van der Waals surface area (Å²) in [6, 6.07) is 4.93. The van der Waals surface area contributed by atoms with E-state index in [9.17, 15) is 9.59 Å². The van der Waals surface area contributed by atoms with Crippen molar-refractivity contribution < 1.29 is 14.3 Å². The SMILES string of the molecule is CC(C)(C)OC(=O)N1[C@@H]2CC[C@@H](C2)[C@H]1C(=O)Nc1cccc(Br)n1. The van der Waals surface area contributed by atoms with Crippen molar-refractivity contribution >= 4 is 33.7 Å². The number of rotatable bonds is 2. The number of piperidine rings is 1. The first-order valence-corrected chi connectivity index (χ1v) is 8.98. The summed E-state index contributed by atoms with van der Waals surface area (Å²) in [5.74, 6) is 0.467. The van der Waals surface area contributed by atoms with Gasteiger partial charge in [-0.25, -0.2) is 9.78 Å². The summed E-state index contributed by atoms with van der Waals surface area (Å²) < 4.78 is 6.16. The molecular weight excluding hydrogens is 374 g/mol. The molecule has 2 bridgehead atoms. The molecule has 7 heteroatoms. The molecule has 6 nitrogen and oxygen atoms in total. The van der Waals surface area contributed by atoms with E-state index >= 15 is 0 Å². The Morgan fingerprint density at radius 3 is 2.75 bits per heavy atom. The van der Waals surface area contributed by atoms with Crippen LogP contribution in [-0.4, -0.2) is 39.6 Å². The van der Waals surface area contributed by atoms with E-state index in [-0.39, 0.29) is 17.9 Å². The number of aromatic nitrogens is 1. The minimum Gasteiger partial charge on any atom is -0.444 e. The fourth-order valence-electron chi connectivity index (χ4n) is 3.58. The maximum absolute atomic E-state index is 12.8. The van der Waals surface area contributed by atoms with Crippen LogP contribution in [0.2, 0.25) is 0 Å². The smallest absolute Gasteiger partial charge is 0.411 e. The first-order valence-electron chi connectivity index (χ1n) is 8.19. The van der Waals surface area contributed by atoms with Gasteiger partial charge in [0.05, 0.1) is 0 Å². The highest BCUT2D eigenvalue weighted by atomic mass is 79.9. The number of carbonyl (C=O) groups is 2. The lowest BCUT2D eigenvalue weighted by atomic mass is 9.98. The lowest BCUT2D eigenvalue weighted by Gasteiger charge is -2.35. The maximum atomic E-state index is 12.8. The Kier molecular flexibility index (Phi) is 4.55. The number of likely N-dealkylation sites (tertiary alicyclic amines) is 1. The van der Waals surface area contributed by atoms with Crippen LogP contribution in [0.3, 0.4) is 0 Å². The number of fused-ring (bicyclic) bond motifs is 2. The largest absolute Gasteiger partial charge is 0.444 e. The zero-order chi connectivity index (χ0) is 17.5. The Labute approximate surface area is 150 Å². The van der Waals surface area contributed by atoms with Crippen molar-refractivity contribution in [2.45, 2.75) is 57.7 Å². The van der Waals surface area contributed by atoms with Crippen LogP contribution >= 0.6 is 15.9 Å². The molecule has 2 heterocycles. The molecule has 3 atom stereocenters. The number of amides is 2. The molecule has 0 spiro atoms. The molecule has 24 heavy (non-hydrogen) atoms. The minimum absolute atomic E-state index is 0.0936. The lowest BCUT2D eigenvalue weighted by Crippen LogP contribution is -2.52. The monoisotopic (exact) mass is 395 g/mol. The molecule has 1 aromatic rings. The van der Waals surface area contributed by atoms with Crippen LogP contribution in [0.15, 0.2) is 22.8 Å². The molecule has 0 unspecified atom stereocenters. The normalized spacial score (nSPS) is 25.7. The molecule has 1 aliphatic carbocycles. The van der Waals surface area contributed by atoms with Gasteiger partial charge in [-0.3, -0.25) is 9.69 Å². The third-order valence-corrected chi connectivity index (χ3v) is 4.87. The zero-order valence-electron chi connectivity index (χ0n) is 14.1. The van der Waals surface area contributed by atoms with E-state index < -0.39 is 17.7 Å². The Bertz CT molecular complexity index is 659. The molecule has 1 N–H and O–H groups in total. The van der Waals surface area contributed by atoms with E-state index in [0.717, 1.165) is 19.3 Å². The number of anilines is 1. The second kappa shape index (κ2) is 6.35. The third kappa shape index (κ3) is 3.55. The fourth-order valence-corrected chi connectivity index (χ4v) is 3.92. The predicted octanol–water partition coefficient (Wildman–Crippen LogP) is 3.57. The van der Waals surface area contributed by atoms with Gasteiger partial charge in [-0.2, -0.15) is 0 Å². The Morgan fingerprint density at radius 2 is 2.08 bits per heavy atom. The lowest BCUT2D eigenvalue weighted by molar-refractivity contribution is -0.122. The molecule has 2 fully saturated rings. The second-order valence-corrected chi connectivity index (χ2v) is 8.21. The van der Waals surface area contributed by atoms with Gasteiger partial charge in [0, 0.05) is 6.04 Å². The molecule has 1 aliphatic heterocycles. The summed E-state index contributed by atoms with van der Waals surface area (Å²) >= 11 is 3.29.